The van der Waals surface area contributed by atoms with Gasteiger partial charge >= 0.3 is 0 Å². The van der Waals surface area contributed by atoms with Crippen LogP contribution in [0.2, 0.25) is 0 Å². The van der Waals surface area contributed by atoms with E-state index in [1.54, 1.807) is 23.1 Å². The zero-order valence-electron chi connectivity index (χ0n) is 15.1. The van der Waals surface area contributed by atoms with Crippen molar-refractivity contribution in [2.75, 3.05) is 11.9 Å². The Balaban J connectivity index is 1.33. The minimum Gasteiger partial charge on any atom is -0.354 e. The highest BCUT2D eigenvalue weighted by Gasteiger charge is 2.34. The molecule has 4 aromatic heterocycles. The number of imidazole rings is 1. The molecule has 0 amide bonds. The summed E-state index contributed by atoms with van der Waals surface area (Å²) in [6.07, 6.45) is 8.10. The van der Waals surface area contributed by atoms with Gasteiger partial charge in [0.25, 0.3) is 0 Å². The number of aromatic nitrogens is 6. The molecule has 1 aliphatic rings. The van der Waals surface area contributed by atoms with Gasteiger partial charge in [0.1, 0.15) is 5.65 Å². The molecule has 4 aromatic rings. The molecule has 9 heteroatoms. The van der Waals surface area contributed by atoms with Crippen molar-refractivity contribution in [2.24, 2.45) is 5.92 Å². The standard InChI is InChI=1S/C19H19F2N7/c20-19(21)5-3-12(4-6-19)9-24-18-25-11-14-13(10-23-17(14)26-18)15-1-2-16-22-7-8-28(16)27-15/h1-2,7-8,10-12H,3-6,9H2,(H2,23,24,25,26). The molecule has 0 unspecified atom stereocenters. The molecule has 0 bridgehead atoms. The van der Waals surface area contributed by atoms with Crippen molar-refractivity contribution in [3.8, 4) is 11.3 Å². The van der Waals surface area contributed by atoms with Gasteiger partial charge in [-0.3, -0.25) is 0 Å². The van der Waals surface area contributed by atoms with Crippen molar-refractivity contribution >= 4 is 22.6 Å². The fraction of sp³-hybridized carbons (Fsp3) is 0.368. The van der Waals surface area contributed by atoms with Crippen molar-refractivity contribution in [1.29, 1.82) is 0 Å². The van der Waals surface area contributed by atoms with E-state index in [0.29, 0.717) is 31.0 Å². The van der Waals surface area contributed by atoms with Crippen LogP contribution in [0.25, 0.3) is 27.9 Å². The summed E-state index contributed by atoms with van der Waals surface area (Å²) in [5, 5.41) is 8.62. The molecule has 144 valence electrons. The molecular formula is C19H19F2N7. The molecule has 1 saturated carbocycles. The lowest BCUT2D eigenvalue weighted by molar-refractivity contribution is -0.0443. The van der Waals surface area contributed by atoms with Gasteiger partial charge in [0, 0.05) is 55.1 Å². The number of nitrogens with one attached hydrogen (secondary N) is 2. The van der Waals surface area contributed by atoms with Crippen molar-refractivity contribution < 1.29 is 8.78 Å². The number of H-pyrrole nitrogens is 1. The summed E-state index contributed by atoms with van der Waals surface area (Å²) < 4.78 is 28.3. The summed E-state index contributed by atoms with van der Waals surface area (Å²) >= 11 is 0. The number of halogens is 2. The third-order valence-corrected chi connectivity index (χ3v) is 5.35. The predicted molar refractivity (Wildman–Crippen MR) is 101 cm³/mol. The number of nitrogens with zero attached hydrogens (tertiary/aromatic N) is 5. The van der Waals surface area contributed by atoms with Crippen LogP contribution in [0.1, 0.15) is 25.7 Å². The van der Waals surface area contributed by atoms with E-state index in [0.717, 1.165) is 22.3 Å². The van der Waals surface area contributed by atoms with Crippen LogP contribution in [-0.4, -0.2) is 42.0 Å². The zero-order valence-corrected chi connectivity index (χ0v) is 15.1. The Morgan fingerprint density at radius 2 is 2.07 bits per heavy atom. The van der Waals surface area contributed by atoms with E-state index in [1.807, 2.05) is 18.3 Å². The van der Waals surface area contributed by atoms with Gasteiger partial charge in [-0.1, -0.05) is 0 Å². The Labute approximate surface area is 159 Å². The minimum atomic E-state index is -2.50. The van der Waals surface area contributed by atoms with Gasteiger partial charge in [-0.05, 0) is 30.9 Å². The highest BCUT2D eigenvalue weighted by molar-refractivity contribution is 5.92. The second kappa shape index (κ2) is 6.50. The van der Waals surface area contributed by atoms with Crippen LogP contribution in [0.15, 0.2) is 36.9 Å². The molecule has 0 spiro atoms. The third-order valence-electron chi connectivity index (χ3n) is 5.35. The summed E-state index contributed by atoms with van der Waals surface area (Å²) in [5.74, 6) is -1.78. The van der Waals surface area contributed by atoms with Crippen LogP contribution >= 0.6 is 0 Å². The van der Waals surface area contributed by atoms with E-state index >= 15 is 0 Å². The number of hydrogen-bond acceptors (Lipinski definition) is 5. The lowest BCUT2D eigenvalue weighted by Crippen LogP contribution is -2.28. The van der Waals surface area contributed by atoms with Crippen molar-refractivity contribution in [3.63, 3.8) is 0 Å². The van der Waals surface area contributed by atoms with Gasteiger partial charge in [0.05, 0.1) is 5.69 Å². The molecule has 4 heterocycles. The van der Waals surface area contributed by atoms with Gasteiger partial charge in [-0.25, -0.2) is 23.3 Å². The lowest BCUT2D eigenvalue weighted by atomic mass is 9.87. The van der Waals surface area contributed by atoms with Crippen LogP contribution in [0.4, 0.5) is 14.7 Å². The summed E-state index contributed by atoms with van der Waals surface area (Å²) in [7, 11) is 0. The number of anilines is 1. The summed E-state index contributed by atoms with van der Waals surface area (Å²) in [5.41, 5.74) is 3.19. The summed E-state index contributed by atoms with van der Waals surface area (Å²) in [6, 6.07) is 3.82. The maximum atomic E-state index is 13.3. The number of aromatic amines is 1. The smallest absolute Gasteiger partial charge is 0.248 e. The van der Waals surface area contributed by atoms with Crippen molar-refractivity contribution in [2.45, 2.75) is 31.6 Å². The molecule has 5 rings (SSSR count). The van der Waals surface area contributed by atoms with Crippen molar-refractivity contribution in [3.05, 3.63) is 36.9 Å². The van der Waals surface area contributed by atoms with Crippen LogP contribution in [0.5, 0.6) is 0 Å². The topological polar surface area (TPSA) is 83.8 Å². The second-order valence-electron chi connectivity index (χ2n) is 7.29. The van der Waals surface area contributed by atoms with E-state index in [4.69, 9.17) is 0 Å². The maximum Gasteiger partial charge on any atom is 0.248 e. The minimum absolute atomic E-state index is 0.0342. The van der Waals surface area contributed by atoms with Gasteiger partial charge in [-0.15, -0.1) is 0 Å². The number of alkyl halides is 2. The SMILES string of the molecule is FC1(F)CCC(CNc2ncc3c(-c4ccc5nccn5n4)c[nH]c3n2)CC1. The van der Waals surface area contributed by atoms with E-state index in [1.165, 1.54) is 0 Å². The monoisotopic (exact) mass is 383 g/mol. The highest BCUT2D eigenvalue weighted by atomic mass is 19.3. The average Bonchev–Trinajstić information content (AvgIpc) is 3.33. The fourth-order valence-corrected chi connectivity index (χ4v) is 3.70. The van der Waals surface area contributed by atoms with Crippen LogP contribution in [0.3, 0.4) is 0 Å². The first-order valence-electron chi connectivity index (χ1n) is 9.34. The Morgan fingerprint density at radius 1 is 1.21 bits per heavy atom. The fourth-order valence-electron chi connectivity index (χ4n) is 3.70. The van der Waals surface area contributed by atoms with Crippen LogP contribution < -0.4 is 5.32 Å². The Kier molecular flexibility index (Phi) is 3.96. The molecule has 2 N–H and O–H groups in total. The normalized spacial score (nSPS) is 17.4. The third kappa shape index (κ3) is 3.17. The van der Waals surface area contributed by atoms with Gasteiger partial charge < -0.3 is 10.3 Å². The molecule has 28 heavy (non-hydrogen) atoms. The van der Waals surface area contributed by atoms with Crippen LogP contribution in [0, 0.1) is 5.92 Å². The van der Waals surface area contributed by atoms with Crippen molar-refractivity contribution in [1.82, 2.24) is 29.5 Å². The second-order valence-corrected chi connectivity index (χ2v) is 7.29. The molecule has 0 aliphatic heterocycles. The Bertz CT molecular complexity index is 1120. The quantitative estimate of drug-likeness (QED) is 0.558. The van der Waals surface area contributed by atoms with E-state index < -0.39 is 5.92 Å². The van der Waals surface area contributed by atoms with E-state index in [-0.39, 0.29) is 18.8 Å². The number of fused-ring (bicyclic) bond motifs is 2. The molecule has 0 atom stereocenters. The molecule has 0 saturated heterocycles. The maximum absolute atomic E-state index is 13.3. The largest absolute Gasteiger partial charge is 0.354 e. The zero-order chi connectivity index (χ0) is 19.1. The predicted octanol–water partition coefficient (Wildman–Crippen LogP) is 3.91. The summed E-state index contributed by atoms with van der Waals surface area (Å²) in [4.78, 5) is 16.3. The number of hydrogen-bond donors (Lipinski definition) is 2. The number of rotatable bonds is 4. The lowest BCUT2D eigenvalue weighted by Gasteiger charge is -2.28. The molecule has 0 aromatic carbocycles. The first-order chi connectivity index (χ1) is 13.6. The molecule has 0 radical (unpaired) electrons. The average molecular weight is 383 g/mol. The van der Waals surface area contributed by atoms with Crippen LogP contribution in [-0.2, 0) is 0 Å². The molecule has 1 fully saturated rings. The van der Waals surface area contributed by atoms with Gasteiger partial charge in [0.2, 0.25) is 11.9 Å². The first kappa shape index (κ1) is 17.0. The Morgan fingerprint density at radius 3 is 2.93 bits per heavy atom. The molecular weight excluding hydrogens is 364 g/mol. The molecule has 7 nitrogen and oxygen atoms in total. The Hall–Kier alpha value is -3.10. The highest BCUT2D eigenvalue weighted by Crippen LogP contribution is 2.36. The summed E-state index contributed by atoms with van der Waals surface area (Å²) in [6.45, 7) is 0.605. The van der Waals surface area contributed by atoms with E-state index in [2.05, 4.69) is 30.4 Å². The van der Waals surface area contributed by atoms with E-state index in [9.17, 15) is 8.78 Å². The first-order valence-corrected chi connectivity index (χ1v) is 9.34. The molecule has 1 aliphatic carbocycles. The van der Waals surface area contributed by atoms with Gasteiger partial charge in [0.15, 0.2) is 5.65 Å². The van der Waals surface area contributed by atoms with Gasteiger partial charge in [-0.2, -0.15) is 10.1 Å².